The fourth-order valence-electron chi connectivity index (χ4n) is 2.90. The molecular formula is C15H20N2O3. The largest absolute Gasteiger partial charge is 0.465 e. The number of benzene rings is 1. The van der Waals surface area contributed by atoms with Crippen molar-refractivity contribution in [2.75, 3.05) is 37.7 Å². The van der Waals surface area contributed by atoms with E-state index in [-0.39, 0.29) is 6.10 Å². The minimum atomic E-state index is -0.869. The molecule has 0 bridgehead atoms. The Bertz CT molecular complexity index is 469. The number of morpholine rings is 1. The Morgan fingerprint density at radius 2 is 1.85 bits per heavy atom. The average Bonchev–Trinajstić information content (AvgIpc) is 3.02. The van der Waals surface area contributed by atoms with Gasteiger partial charge in [-0.2, -0.15) is 0 Å². The zero-order chi connectivity index (χ0) is 13.9. The molecule has 20 heavy (non-hydrogen) atoms. The van der Waals surface area contributed by atoms with Crippen LogP contribution in [0.1, 0.15) is 24.5 Å². The summed E-state index contributed by atoms with van der Waals surface area (Å²) < 4.78 is 5.69. The van der Waals surface area contributed by atoms with Crippen molar-refractivity contribution in [2.24, 2.45) is 0 Å². The summed E-state index contributed by atoms with van der Waals surface area (Å²) in [5, 5.41) is 9.05. The quantitative estimate of drug-likeness (QED) is 0.901. The molecule has 1 amide bonds. The fraction of sp³-hybridized carbons (Fsp3) is 0.533. The van der Waals surface area contributed by atoms with Gasteiger partial charge in [-0.3, -0.25) is 0 Å². The van der Waals surface area contributed by atoms with Crippen molar-refractivity contribution in [2.45, 2.75) is 18.9 Å². The minimum Gasteiger partial charge on any atom is -0.465 e. The van der Waals surface area contributed by atoms with Crippen molar-refractivity contribution in [3.8, 4) is 0 Å². The first kappa shape index (κ1) is 13.2. The Kier molecular flexibility index (Phi) is 3.78. The number of nitrogens with zero attached hydrogens (tertiary/aromatic N) is 2. The molecule has 108 valence electrons. The minimum absolute atomic E-state index is 0.146. The lowest BCUT2D eigenvalue weighted by atomic mass is 10.1. The van der Waals surface area contributed by atoms with E-state index in [4.69, 9.17) is 9.84 Å². The van der Waals surface area contributed by atoms with E-state index >= 15 is 0 Å². The second kappa shape index (κ2) is 5.71. The van der Waals surface area contributed by atoms with Crippen molar-refractivity contribution in [3.63, 3.8) is 0 Å². The van der Waals surface area contributed by atoms with Crippen LogP contribution in [-0.2, 0) is 4.74 Å². The molecule has 1 aromatic rings. The number of ether oxygens (including phenoxy) is 1. The van der Waals surface area contributed by atoms with E-state index < -0.39 is 6.09 Å². The number of carboxylic acid groups (broad SMARTS) is 1. The first-order chi connectivity index (χ1) is 9.74. The third-order valence-electron chi connectivity index (χ3n) is 4.07. The summed E-state index contributed by atoms with van der Waals surface area (Å²) in [6.07, 6.45) is 1.52. The third kappa shape index (κ3) is 2.72. The molecule has 2 saturated heterocycles. The van der Waals surface area contributed by atoms with Crippen LogP contribution in [0.2, 0.25) is 0 Å². The van der Waals surface area contributed by atoms with Gasteiger partial charge in [0.15, 0.2) is 0 Å². The van der Waals surface area contributed by atoms with Crippen LogP contribution in [0.3, 0.4) is 0 Å². The monoisotopic (exact) mass is 276 g/mol. The van der Waals surface area contributed by atoms with Gasteiger partial charge >= 0.3 is 6.09 Å². The average molecular weight is 276 g/mol. The molecule has 5 nitrogen and oxygen atoms in total. The normalized spacial score (nSPS) is 23.1. The summed E-state index contributed by atoms with van der Waals surface area (Å²) in [4.78, 5) is 14.8. The van der Waals surface area contributed by atoms with Crippen molar-refractivity contribution >= 4 is 11.8 Å². The molecule has 2 fully saturated rings. The second-order valence-corrected chi connectivity index (χ2v) is 5.37. The Hall–Kier alpha value is -1.75. The lowest BCUT2D eigenvalue weighted by Gasteiger charge is -2.31. The number of carbonyl (C=O) groups is 1. The second-order valence-electron chi connectivity index (χ2n) is 5.37. The summed E-state index contributed by atoms with van der Waals surface area (Å²) in [5.74, 6) is 0. The van der Waals surface area contributed by atoms with E-state index in [0.717, 1.165) is 18.7 Å². The van der Waals surface area contributed by atoms with Gasteiger partial charge in [0, 0.05) is 25.3 Å². The molecule has 1 aromatic carbocycles. The molecular weight excluding hydrogens is 256 g/mol. The molecule has 1 unspecified atom stereocenters. The van der Waals surface area contributed by atoms with Gasteiger partial charge in [0.05, 0.1) is 13.2 Å². The molecule has 1 N–H and O–H groups in total. The molecule has 2 aliphatic rings. The summed E-state index contributed by atoms with van der Waals surface area (Å²) in [5.41, 5.74) is 2.30. The predicted molar refractivity (Wildman–Crippen MR) is 76.2 cm³/mol. The maximum absolute atomic E-state index is 11.0. The van der Waals surface area contributed by atoms with Gasteiger partial charge in [0.2, 0.25) is 0 Å². The maximum atomic E-state index is 11.0. The van der Waals surface area contributed by atoms with Gasteiger partial charge in [-0.05, 0) is 30.5 Å². The Morgan fingerprint density at radius 3 is 2.50 bits per heavy atom. The zero-order valence-electron chi connectivity index (χ0n) is 11.5. The Labute approximate surface area is 118 Å². The van der Waals surface area contributed by atoms with Crippen LogP contribution >= 0.6 is 0 Å². The molecule has 0 aromatic heterocycles. The molecule has 0 aliphatic carbocycles. The van der Waals surface area contributed by atoms with Gasteiger partial charge in [0.25, 0.3) is 0 Å². The lowest BCUT2D eigenvalue weighted by molar-refractivity contribution is -0.0231. The number of amides is 1. The van der Waals surface area contributed by atoms with Crippen LogP contribution < -0.4 is 4.90 Å². The predicted octanol–water partition coefficient (Wildman–Crippen LogP) is 2.34. The topological polar surface area (TPSA) is 53.0 Å². The van der Waals surface area contributed by atoms with Crippen LogP contribution in [0.5, 0.6) is 0 Å². The molecule has 0 spiro atoms. The van der Waals surface area contributed by atoms with E-state index in [0.29, 0.717) is 19.7 Å². The molecule has 0 saturated carbocycles. The van der Waals surface area contributed by atoms with Crippen molar-refractivity contribution in [1.82, 2.24) is 4.90 Å². The van der Waals surface area contributed by atoms with Crippen LogP contribution in [0, 0.1) is 0 Å². The van der Waals surface area contributed by atoms with Gasteiger partial charge in [-0.15, -0.1) is 0 Å². The first-order valence-electron chi connectivity index (χ1n) is 7.18. The van der Waals surface area contributed by atoms with Crippen molar-refractivity contribution < 1.29 is 14.6 Å². The first-order valence-corrected chi connectivity index (χ1v) is 7.18. The summed E-state index contributed by atoms with van der Waals surface area (Å²) >= 11 is 0. The van der Waals surface area contributed by atoms with Crippen LogP contribution in [0.4, 0.5) is 10.5 Å². The highest BCUT2D eigenvalue weighted by Gasteiger charge is 2.25. The smallest absolute Gasteiger partial charge is 0.407 e. The van der Waals surface area contributed by atoms with Crippen molar-refractivity contribution in [3.05, 3.63) is 29.8 Å². The highest BCUT2D eigenvalue weighted by atomic mass is 16.5. The van der Waals surface area contributed by atoms with E-state index in [1.54, 1.807) is 0 Å². The fourth-order valence-corrected chi connectivity index (χ4v) is 2.90. The van der Waals surface area contributed by atoms with E-state index in [1.165, 1.54) is 23.4 Å². The lowest BCUT2D eigenvalue weighted by Crippen LogP contribution is -2.41. The summed E-state index contributed by atoms with van der Waals surface area (Å²) in [6.45, 7) is 3.60. The molecule has 5 heteroatoms. The van der Waals surface area contributed by atoms with Crippen LogP contribution in [0.25, 0.3) is 0 Å². The standard InChI is InChI=1S/C15H20N2O3/c18-15(19)17-9-10-20-14(11-17)12-3-5-13(6-4-12)16-7-1-2-8-16/h3-6,14H,1-2,7-11H2,(H,18,19). The Morgan fingerprint density at radius 1 is 1.15 bits per heavy atom. The van der Waals surface area contributed by atoms with Gasteiger partial charge in [-0.25, -0.2) is 4.79 Å². The van der Waals surface area contributed by atoms with Crippen molar-refractivity contribution in [1.29, 1.82) is 0 Å². The summed E-state index contributed by atoms with van der Waals surface area (Å²) in [7, 11) is 0. The van der Waals surface area contributed by atoms with E-state index in [1.807, 2.05) is 0 Å². The van der Waals surface area contributed by atoms with E-state index in [2.05, 4.69) is 29.2 Å². The highest BCUT2D eigenvalue weighted by Crippen LogP contribution is 2.26. The maximum Gasteiger partial charge on any atom is 0.407 e. The molecule has 1 atom stereocenters. The Balaban J connectivity index is 1.69. The molecule has 0 radical (unpaired) electrons. The SMILES string of the molecule is O=C(O)N1CCOC(c2ccc(N3CCCC3)cc2)C1. The van der Waals surface area contributed by atoms with Gasteiger partial charge in [0.1, 0.15) is 6.10 Å². The van der Waals surface area contributed by atoms with Crippen LogP contribution in [0.15, 0.2) is 24.3 Å². The number of anilines is 1. The third-order valence-corrected chi connectivity index (χ3v) is 4.07. The molecule has 2 aliphatic heterocycles. The van der Waals surface area contributed by atoms with Gasteiger partial charge < -0.3 is 19.6 Å². The van der Waals surface area contributed by atoms with Crippen LogP contribution in [-0.4, -0.2) is 48.9 Å². The number of rotatable bonds is 2. The molecule has 3 rings (SSSR count). The van der Waals surface area contributed by atoms with Gasteiger partial charge in [-0.1, -0.05) is 12.1 Å². The van der Waals surface area contributed by atoms with E-state index in [9.17, 15) is 4.79 Å². The summed E-state index contributed by atoms with van der Waals surface area (Å²) in [6, 6.07) is 8.35. The molecule has 2 heterocycles. The number of hydrogen-bond donors (Lipinski definition) is 1. The highest BCUT2D eigenvalue weighted by molar-refractivity contribution is 5.65. The zero-order valence-corrected chi connectivity index (χ0v) is 11.5. The number of hydrogen-bond acceptors (Lipinski definition) is 3.